The van der Waals surface area contributed by atoms with Crippen LogP contribution in [0.3, 0.4) is 0 Å². The molecule has 10 heteroatoms. The fourth-order valence-corrected chi connectivity index (χ4v) is 2.23. The van der Waals surface area contributed by atoms with Gasteiger partial charge in [-0.15, -0.1) is 5.10 Å². The number of rotatable bonds is 3. The van der Waals surface area contributed by atoms with Gasteiger partial charge in [0.05, 0.1) is 17.3 Å². The summed E-state index contributed by atoms with van der Waals surface area (Å²) in [5.74, 6) is -1.09. The van der Waals surface area contributed by atoms with E-state index in [1.165, 1.54) is 34.6 Å². The van der Waals surface area contributed by atoms with Crippen LogP contribution >= 0.6 is 0 Å². The first-order valence-corrected chi connectivity index (χ1v) is 6.81. The molecular formula is C14H12F3N5O2. The summed E-state index contributed by atoms with van der Waals surface area (Å²) in [5.41, 5.74) is 0.760. The summed E-state index contributed by atoms with van der Waals surface area (Å²) in [5, 5.41) is 11.3. The summed E-state index contributed by atoms with van der Waals surface area (Å²) in [6.45, 7) is 0. The van der Waals surface area contributed by atoms with Gasteiger partial charge in [-0.25, -0.2) is 9.48 Å². The van der Waals surface area contributed by atoms with Crippen LogP contribution in [0.5, 0.6) is 0 Å². The molecule has 0 fully saturated rings. The SMILES string of the molecule is Cn1cc(C(OC(=O)c2ccc3nnn(C)c3c2)C(F)(F)F)cn1. The molecule has 3 aromatic rings. The predicted octanol–water partition coefficient (Wildman–Crippen LogP) is 2.16. The maximum absolute atomic E-state index is 13.2. The van der Waals surface area contributed by atoms with Crippen molar-refractivity contribution in [3.05, 3.63) is 41.7 Å². The van der Waals surface area contributed by atoms with E-state index in [0.717, 1.165) is 12.4 Å². The smallest absolute Gasteiger partial charge is 0.429 e. The van der Waals surface area contributed by atoms with Gasteiger partial charge >= 0.3 is 12.1 Å². The second-order valence-electron chi connectivity index (χ2n) is 5.19. The van der Waals surface area contributed by atoms with Crippen molar-refractivity contribution in [2.24, 2.45) is 14.1 Å². The van der Waals surface area contributed by atoms with Gasteiger partial charge in [0.25, 0.3) is 0 Å². The van der Waals surface area contributed by atoms with E-state index in [1.807, 2.05) is 0 Å². The Balaban J connectivity index is 1.90. The van der Waals surface area contributed by atoms with Crippen LogP contribution in [0.15, 0.2) is 30.6 Å². The molecule has 2 aromatic heterocycles. The lowest BCUT2D eigenvalue weighted by atomic mass is 10.1. The van der Waals surface area contributed by atoms with E-state index in [-0.39, 0.29) is 11.1 Å². The average molecular weight is 339 g/mol. The zero-order valence-electron chi connectivity index (χ0n) is 12.7. The van der Waals surface area contributed by atoms with E-state index in [1.54, 1.807) is 7.05 Å². The lowest BCUT2D eigenvalue weighted by molar-refractivity contribution is -0.207. The van der Waals surface area contributed by atoms with Crippen molar-refractivity contribution in [1.82, 2.24) is 24.8 Å². The molecule has 1 atom stereocenters. The second kappa shape index (κ2) is 5.62. The van der Waals surface area contributed by atoms with Crippen molar-refractivity contribution in [1.29, 1.82) is 0 Å². The first kappa shape index (κ1) is 16.0. The molecule has 0 aliphatic carbocycles. The number of ether oxygens (including phenoxy) is 1. The van der Waals surface area contributed by atoms with Gasteiger partial charge in [0.2, 0.25) is 6.10 Å². The zero-order chi connectivity index (χ0) is 17.5. The molecule has 0 spiro atoms. The first-order valence-electron chi connectivity index (χ1n) is 6.81. The Labute approximate surface area is 133 Å². The number of esters is 1. The Hall–Kier alpha value is -2.91. The third kappa shape index (κ3) is 2.94. The van der Waals surface area contributed by atoms with Gasteiger partial charge in [0, 0.05) is 25.9 Å². The van der Waals surface area contributed by atoms with E-state index >= 15 is 0 Å². The molecule has 1 unspecified atom stereocenters. The topological polar surface area (TPSA) is 74.8 Å². The maximum atomic E-state index is 13.2. The molecule has 24 heavy (non-hydrogen) atoms. The fraction of sp³-hybridized carbons (Fsp3) is 0.286. The molecule has 0 N–H and O–H groups in total. The van der Waals surface area contributed by atoms with Crippen molar-refractivity contribution < 1.29 is 22.7 Å². The van der Waals surface area contributed by atoms with E-state index in [2.05, 4.69) is 15.4 Å². The molecule has 0 aliphatic heterocycles. The number of fused-ring (bicyclic) bond motifs is 1. The van der Waals surface area contributed by atoms with Crippen LogP contribution in [0, 0.1) is 0 Å². The summed E-state index contributed by atoms with van der Waals surface area (Å²) >= 11 is 0. The molecule has 2 heterocycles. The number of carbonyl (C=O) groups is 1. The monoisotopic (exact) mass is 339 g/mol. The third-order valence-electron chi connectivity index (χ3n) is 3.40. The second-order valence-corrected chi connectivity index (χ2v) is 5.19. The summed E-state index contributed by atoms with van der Waals surface area (Å²) in [6.07, 6.45) is -4.98. The Kier molecular flexibility index (Phi) is 3.74. The summed E-state index contributed by atoms with van der Waals surface area (Å²) < 4.78 is 47.0. The highest BCUT2D eigenvalue weighted by molar-refractivity contribution is 5.93. The number of carbonyl (C=O) groups excluding carboxylic acids is 1. The fourth-order valence-electron chi connectivity index (χ4n) is 2.23. The number of benzene rings is 1. The number of hydrogen-bond acceptors (Lipinski definition) is 5. The third-order valence-corrected chi connectivity index (χ3v) is 3.40. The molecule has 7 nitrogen and oxygen atoms in total. The van der Waals surface area contributed by atoms with E-state index in [0.29, 0.717) is 11.0 Å². The Morgan fingerprint density at radius 1 is 1.29 bits per heavy atom. The highest BCUT2D eigenvalue weighted by Crippen LogP contribution is 2.36. The molecule has 3 rings (SSSR count). The highest BCUT2D eigenvalue weighted by Gasteiger charge is 2.45. The number of alkyl halides is 3. The minimum atomic E-state index is -4.75. The molecule has 0 radical (unpaired) electrons. The van der Waals surface area contributed by atoms with Gasteiger partial charge < -0.3 is 4.74 Å². The minimum Gasteiger partial charge on any atom is -0.444 e. The van der Waals surface area contributed by atoms with Crippen LogP contribution < -0.4 is 0 Å². The maximum Gasteiger partial charge on any atom is 0.429 e. The Bertz CT molecular complexity index is 899. The molecule has 0 aliphatic rings. The largest absolute Gasteiger partial charge is 0.444 e. The summed E-state index contributed by atoms with van der Waals surface area (Å²) in [6, 6.07) is 4.22. The van der Waals surface area contributed by atoms with Crippen LogP contribution in [0.4, 0.5) is 13.2 Å². The van der Waals surface area contributed by atoms with Crippen molar-refractivity contribution in [3.8, 4) is 0 Å². The van der Waals surface area contributed by atoms with Gasteiger partial charge in [0.15, 0.2) is 0 Å². The van der Waals surface area contributed by atoms with Crippen LogP contribution in [0.25, 0.3) is 11.0 Å². The predicted molar refractivity (Wildman–Crippen MR) is 75.9 cm³/mol. The molecule has 0 saturated heterocycles. The molecule has 0 bridgehead atoms. The molecular weight excluding hydrogens is 327 g/mol. The molecule has 0 amide bonds. The van der Waals surface area contributed by atoms with Crippen molar-refractivity contribution in [3.63, 3.8) is 0 Å². The summed E-state index contributed by atoms with van der Waals surface area (Å²) in [7, 11) is 3.08. The molecule has 126 valence electrons. The van der Waals surface area contributed by atoms with E-state index in [9.17, 15) is 18.0 Å². The lowest BCUT2D eigenvalue weighted by Crippen LogP contribution is -2.26. The van der Waals surface area contributed by atoms with Gasteiger partial charge in [0.1, 0.15) is 5.52 Å². The van der Waals surface area contributed by atoms with Crippen LogP contribution in [-0.4, -0.2) is 36.9 Å². The highest BCUT2D eigenvalue weighted by atomic mass is 19.4. The minimum absolute atomic E-state index is 0.0222. The molecule has 0 saturated carbocycles. The quantitative estimate of drug-likeness (QED) is 0.684. The van der Waals surface area contributed by atoms with Gasteiger partial charge in [-0.3, -0.25) is 4.68 Å². The normalized spacial score (nSPS) is 13.2. The van der Waals surface area contributed by atoms with E-state index in [4.69, 9.17) is 4.74 Å². The van der Waals surface area contributed by atoms with Gasteiger partial charge in [-0.1, -0.05) is 5.21 Å². The van der Waals surface area contributed by atoms with Crippen LogP contribution in [-0.2, 0) is 18.8 Å². The van der Waals surface area contributed by atoms with Gasteiger partial charge in [-0.2, -0.15) is 18.3 Å². The lowest BCUT2D eigenvalue weighted by Gasteiger charge is -2.19. The standard InChI is InChI=1S/C14H12F3N5O2/c1-21-7-9(6-18-21)12(14(15,16)17)24-13(23)8-3-4-10-11(5-8)22(2)20-19-10/h3-7,12H,1-2H3. The van der Waals surface area contributed by atoms with Crippen LogP contribution in [0.1, 0.15) is 22.0 Å². The summed E-state index contributed by atoms with van der Waals surface area (Å²) in [4.78, 5) is 12.2. The number of halogens is 3. The van der Waals surface area contributed by atoms with E-state index < -0.39 is 18.2 Å². The Morgan fingerprint density at radius 2 is 2.04 bits per heavy atom. The molecule has 1 aromatic carbocycles. The number of aromatic nitrogens is 5. The van der Waals surface area contributed by atoms with Crippen molar-refractivity contribution in [2.75, 3.05) is 0 Å². The number of nitrogens with zero attached hydrogens (tertiary/aromatic N) is 5. The van der Waals surface area contributed by atoms with Crippen LogP contribution in [0.2, 0.25) is 0 Å². The number of hydrogen-bond donors (Lipinski definition) is 0. The Morgan fingerprint density at radius 3 is 2.67 bits per heavy atom. The average Bonchev–Trinajstić information content (AvgIpc) is 3.09. The van der Waals surface area contributed by atoms with Crippen molar-refractivity contribution >= 4 is 17.0 Å². The van der Waals surface area contributed by atoms with Crippen molar-refractivity contribution in [2.45, 2.75) is 12.3 Å². The van der Waals surface area contributed by atoms with Gasteiger partial charge in [-0.05, 0) is 18.2 Å². The zero-order valence-corrected chi connectivity index (χ0v) is 12.7. The number of aryl methyl sites for hydroxylation is 2. The first-order chi connectivity index (χ1) is 11.3.